The van der Waals surface area contributed by atoms with Crippen LogP contribution in [0.1, 0.15) is 39.2 Å². The fourth-order valence-electron chi connectivity index (χ4n) is 1.99. The molecule has 20 heavy (non-hydrogen) atoms. The molecule has 0 aliphatic rings. The van der Waals surface area contributed by atoms with E-state index in [4.69, 9.17) is 11.6 Å². The normalized spacial score (nSPS) is 11.6. The van der Waals surface area contributed by atoms with Gasteiger partial charge in [0.1, 0.15) is 5.15 Å². The van der Waals surface area contributed by atoms with Crippen molar-refractivity contribution in [1.29, 1.82) is 0 Å². The quantitative estimate of drug-likeness (QED) is 0.782. The maximum Gasteiger partial charge on any atom is 0.329 e. The third-order valence-corrected chi connectivity index (χ3v) is 3.83. The number of aromatic amines is 1. The van der Waals surface area contributed by atoms with E-state index in [1.807, 2.05) is 14.0 Å². The van der Waals surface area contributed by atoms with Gasteiger partial charge in [-0.15, -0.1) is 0 Å². The van der Waals surface area contributed by atoms with Gasteiger partial charge in [0.25, 0.3) is 5.56 Å². The Hall–Kier alpha value is -1.07. The van der Waals surface area contributed by atoms with Crippen molar-refractivity contribution in [3.63, 3.8) is 0 Å². The van der Waals surface area contributed by atoms with Crippen molar-refractivity contribution in [3.05, 3.63) is 31.6 Å². The van der Waals surface area contributed by atoms with Crippen molar-refractivity contribution < 1.29 is 0 Å². The third-order valence-electron chi connectivity index (χ3n) is 3.50. The molecule has 1 N–H and O–H groups in total. The Morgan fingerprint density at radius 2 is 2.00 bits per heavy atom. The summed E-state index contributed by atoms with van der Waals surface area (Å²) in [5.41, 5.74) is -0.175. The summed E-state index contributed by atoms with van der Waals surface area (Å²) < 4.78 is 1.25. The summed E-state index contributed by atoms with van der Waals surface area (Å²) in [4.78, 5) is 28.8. The molecule has 0 atom stereocenters. The monoisotopic (exact) mass is 301 g/mol. The predicted octanol–water partition coefficient (Wildman–Crippen LogP) is 1.87. The lowest BCUT2D eigenvalue weighted by Gasteiger charge is -2.20. The molecule has 114 valence electrons. The highest BCUT2D eigenvalue weighted by Gasteiger charge is 2.12. The van der Waals surface area contributed by atoms with E-state index >= 15 is 0 Å². The van der Waals surface area contributed by atoms with Gasteiger partial charge < -0.3 is 4.90 Å². The smallest absolute Gasteiger partial charge is 0.304 e. The van der Waals surface area contributed by atoms with Crippen LogP contribution in [-0.4, -0.2) is 34.1 Å². The Morgan fingerprint density at radius 3 is 2.55 bits per heavy atom. The number of hydrogen-bond acceptors (Lipinski definition) is 3. The first-order chi connectivity index (χ1) is 9.38. The van der Waals surface area contributed by atoms with Crippen molar-refractivity contribution >= 4 is 11.6 Å². The fraction of sp³-hybridized carbons (Fsp3) is 0.714. The Labute approximate surface area is 124 Å². The van der Waals surface area contributed by atoms with Crippen LogP contribution in [-0.2, 0) is 13.0 Å². The van der Waals surface area contributed by atoms with Gasteiger partial charge >= 0.3 is 5.69 Å². The summed E-state index contributed by atoms with van der Waals surface area (Å²) in [6, 6.07) is 0.450. The van der Waals surface area contributed by atoms with Gasteiger partial charge in [-0.1, -0.05) is 24.9 Å². The molecule has 0 unspecified atom stereocenters. The van der Waals surface area contributed by atoms with Gasteiger partial charge in [-0.25, -0.2) is 4.79 Å². The van der Waals surface area contributed by atoms with Crippen molar-refractivity contribution in [3.8, 4) is 0 Å². The van der Waals surface area contributed by atoms with Crippen LogP contribution in [0.2, 0.25) is 5.15 Å². The third kappa shape index (κ3) is 4.21. The van der Waals surface area contributed by atoms with Crippen LogP contribution in [0.5, 0.6) is 0 Å². The molecule has 1 aromatic rings. The molecular formula is C14H24ClN3O2. The van der Waals surface area contributed by atoms with Crippen molar-refractivity contribution in [2.75, 3.05) is 13.6 Å². The number of rotatable bonds is 7. The summed E-state index contributed by atoms with van der Waals surface area (Å²) in [6.07, 6.45) is 2.16. The average Bonchev–Trinajstić information content (AvgIpc) is 2.37. The van der Waals surface area contributed by atoms with E-state index in [1.165, 1.54) is 4.57 Å². The highest BCUT2D eigenvalue weighted by molar-refractivity contribution is 6.30. The standard InChI is InChI=1S/C14H24ClN3O2/c1-5-7-11-12(15)16-14(20)18(13(11)19)9-6-8-17(4)10(2)3/h10H,5-9H2,1-4H3,(H,16,20). The lowest BCUT2D eigenvalue weighted by Crippen LogP contribution is -2.38. The fourth-order valence-corrected chi connectivity index (χ4v) is 2.25. The first-order valence-electron chi connectivity index (χ1n) is 7.10. The highest BCUT2D eigenvalue weighted by Crippen LogP contribution is 2.08. The summed E-state index contributed by atoms with van der Waals surface area (Å²) in [5, 5.41) is 0.178. The van der Waals surface area contributed by atoms with E-state index in [9.17, 15) is 9.59 Å². The van der Waals surface area contributed by atoms with Crippen LogP contribution >= 0.6 is 11.6 Å². The van der Waals surface area contributed by atoms with Crippen molar-refractivity contribution in [1.82, 2.24) is 14.5 Å². The molecule has 0 aromatic carbocycles. The Bertz CT molecular complexity index is 548. The molecule has 0 aliphatic carbocycles. The highest BCUT2D eigenvalue weighted by atomic mass is 35.5. The molecule has 1 heterocycles. The number of nitrogens with zero attached hydrogens (tertiary/aromatic N) is 2. The number of nitrogens with one attached hydrogen (secondary N) is 1. The van der Waals surface area contributed by atoms with Gasteiger partial charge in [0.05, 0.1) is 5.56 Å². The molecule has 0 radical (unpaired) electrons. The zero-order chi connectivity index (χ0) is 15.3. The maximum absolute atomic E-state index is 12.3. The number of H-pyrrole nitrogens is 1. The second-order valence-electron chi connectivity index (χ2n) is 5.36. The van der Waals surface area contributed by atoms with E-state index in [2.05, 4.69) is 23.7 Å². The van der Waals surface area contributed by atoms with Crippen LogP contribution in [0, 0.1) is 0 Å². The van der Waals surface area contributed by atoms with E-state index in [0.29, 0.717) is 24.6 Å². The van der Waals surface area contributed by atoms with Crippen LogP contribution in [0.3, 0.4) is 0 Å². The summed E-state index contributed by atoms with van der Waals surface area (Å²) in [7, 11) is 2.03. The zero-order valence-corrected chi connectivity index (χ0v) is 13.5. The lowest BCUT2D eigenvalue weighted by molar-refractivity contribution is 0.264. The van der Waals surface area contributed by atoms with Crippen molar-refractivity contribution in [2.24, 2.45) is 0 Å². The topological polar surface area (TPSA) is 58.1 Å². The second kappa shape index (κ2) is 7.64. The van der Waals surface area contributed by atoms with Gasteiger partial charge in [-0.3, -0.25) is 14.3 Å². The van der Waals surface area contributed by atoms with Gasteiger partial charge in [0.15, 0.2) is 0 Å². The van der Waals surface area contributed by atoms with Crippen LogP contribution < -0.4 is 11.2 Å². The molecule has 0 fully saturated rings. The molecule has 0 aliphatic heterocycles. The van der Waals surface area contributed by atoms with E-state index in [1.54, 1.807) is 0 Å². The molecule has 5 nitrogen and oxygen atoms in total. The molecule has 1 rings (SSSR count). The number of aromatic nitrogens is 2. The lowest BCUT2D eigenvalue weighted by atomic mass is 10.2. The zero-order valence-electron chi connectivity index (χ0n) is 12.7. The number of hydrogen-bond donors (Lipinski definition) is 1. The Balaban J connectivity index is 2.88. The maximum atomic E-state index is 12.3. The first-order valence-corrected chi connectivity index (χ1v) is 7.48. The molecule has 0 amide bonds. The summed E-state index contributed by atoms with van der Waals surface area (Å²) in [5.74, 6) is 0. The van der Waals surface area contributed by atoms with Gasteiger partial charge in [-0.2, -0.15) is 0 Å². The van der Waals surface area contributed by atoms with Crippen LogP contribution in [0.25, 0.3) is 0 Å². The van der Waals surface area contributed by atoms with Crippen LogP contribution in [0.15, 0.2) is 9.59 Å². The molecule has 0 bridgehead atoms. The molecular weight excluding hydrogens is 278 g/mol. The van der Waals surface area contributed by atoms with Gasteiger partial charge in [0, 0.05) is 12.6 Å². The molecule has 1 aromatic heterocycles. The van der Waals surface area contributed by atoms with Crippen molar-refractivity contribution in [2.45, 2.75) is 52.6 Å². The van der Waals surface area contributed by atoms with E-state index in [0.717, 1.165) is 19.4 Å². The Kier molecular flexibility index (Phi) is 6.49. The second-order valence-corrected chi connectivity index (χ2v) is 5.74. The summed E-state index contributed by atoms with van der Waals surface area (Å²) >= 11 is 5.93. The average molecular weight is 302 g/mol. The molecule has 0 saturated heterocycles. The SMILES string of the molecule is CCCc1c(Cl)[nH]c(=O)n(CCCN(C)C(C)C)c1=O. The van der Waals surface area contributed by atoms with Crippen LogP contribution in [0.4, 0.5) is 0 Å². The number of halogens is 1. The molecule has 0 spiro atoms. The largest absolute Gasteiger partial charge is 0.329 e. The first kappa shape index (κ1) is 17.0. The molecule has 0 saturated carbocycles. The minimum absolute atomic E-state index is 0.178. The minimum Gasteiger partial charge on any atom is -0.304 e. The Morgan fingerprint density at radius 1 is 1.35 bits per heavy atom. The van der Waals surface area contributed by atoms with Gasteiger partial charge in [0.2, 0.25) is 0 Å². The minimum atomic E-state index is -0.424. The van der Waals surface area contributed by atoms with Gasteiger partial charge in [-0.05, 0) is 40.3 Å². The summed E-state index contributed by atoms with van der Waals surface area (Å²) in [6.45, 7) is 7.46. The molecule has 6 heteroatoms. The predicted molar refractivity (Wildman–Crippen MR) is 82.7 cm³/mol. The van der Waals surface area contributed by atoms with E-state index in [-0.39, 0.29) is 10.7 Å². The van der Waals surface area contributed by atoms with E-state index < -0.39 is 5.69 Å².